The number of rotatable bonds is 4. The van der Waals surface area contributed by atoms with Crippen molar-refractivity contribution in [2.45, 2.75) is 25.3 Å². The molecule has 0 spiro atoms. The third-order valence-corrected chi connectivity index (χ3v) is 3.33. The van der Waals surface area contributed by atoms with Crippen LogP contribution < -0.4 is 15.8 Å². The van der Waals surface area contributed by atoms with Crippen molar-refractivity contribution in [3.8, 4) is 11.5 Å². The molecule has 4 N–H and O–H groups in total. The Morgan fingerprint density at radius 1 is 1.42 bits per heavy atom. The van der Waals surface area contributed by atoms with E-state index in [9.17, 15) is 14.7 Å². The van der Waals surface area contributed by atoms with Crippen molar-refractivity contribution in [3.63, 3.8) is 0 Å². The quantitative estimate of drug-likeness (QED) is 0.712. The molecule has 6 nitrogen and oxygen atoms in total. The lowest BCUT2D eigenvalue weighted by molar-refractivity contribution is 0.101. The van der Waals surface area contributed by atoms with Crippen LogP contribution in [0.2, 0.25) is 0 Å². The summed E-state index contributed by atoms with van der Waals surface area (Å²) in [6, 6.07) is 2.31. The summed E-state index contributed by atoms with van der Waals surface area (Å²) in [7, 11) is 1.46. The number of amides is 2. The number of nitrogens with two attached hydrogens (primary N) is 1. The number of phenolic OH excluding ortho intramolecular Hbond substituents is 1. The molecule has 6 heteroatoms. The molecule has 0 bridgehead atoms. The number of ether oxygens (including phenoxy) is 1. The molecule has 2 rings (SSSR count). The Hall–Kier alpha value is -2.24. The Morgan fingerprint density at radius 3 is 2.47 bits per heavy atom. The van der Waals surface area contributed by atoms with Crippen LogP contribution in [0.15, 0.2) is 12.1 Å². The predicted octanol–water partition coefficient (Wildman–Crippen LogP) is 1.26. The van der Waals surface area contributed by atoms with Crippen molar-refractivity contribution < 1.29 is 19.4 Å². The van der Waals surface area contributed by atoms with E-state index in [1.165, 1.54) is 20.1 Å². The monoisotopic (exact) mass is 264 g/mol. The summed E-state index contributed by atoms with van der Waals surface area (Å²) >= 11 is 0. The number of primary amides is 1. The summed E-state index contributed by atoms with van der Waals surface area (Å²) in [6.07, 6.45) is 1.43. The number of Topliss-reactive ketones (excluding diaryl/α,β-unsaturated/α-hetero) is 1. The molecule has 102 valence electrons. The fraction of sp³-hybridized carbons (Fsp3) is 0.385. The van der Waals surface area contributed by atoms with E-state index >= 15 is 0 Å². The molecule has 0 aliphatic heterocycles. The molecule has 1 aliphatic rings. The first-order valence-corrected chi connectivity index (χ1v) is 5.89. The first-order valence-electron chi connectivity index (χ1n) is 5.89. The molecule has 0 unspecified atom stereocenters. The van der Waals surface area contributed by atoms with Crippen LogP contribution >= 0.6 is 0 Å². The van der Waals surface area contributed by atoms with Crippen LogP contribution in [0.1, 0.15) is 35.7 Å². The average Bonchev–Trinajstić information content (AvgIpc) is 3.07. The van der Waals surface area contributed by atoms with Crippen LogP contribution in [0.4, 0.5) is 4.79 Å². The molecular formula is C13H16N2O4. The minimum absolute atomic E-state index is 0.136. The van der Waals surface area contributed by atoms with Gasteiger partial charge < -0.3 is 20.9 Å². The summed E-state index contributed by atoms with van der Waals surface area (Å²) < 4.78 is 5.21. The van der Waals surface area contributed by atoms with Crippen molar-refractivity contribution in [1.82, 2.24) is 5.32 Å². The van der Waals surface area contributed by atoms with Crippen molar-refractivity contribution in [2.75, 3.05) is 7.11 Å². The van der Waals surface area contributed by atoms with Crippen molar-refractivity contribution in [1.29, 1.82) is 0 Å². The van der Waals surface area contributed by atoms with Gasteiger partial charge in [0.15, 0.2) is 5.78 Å². The van der Waals surface area contributed by atoms with E-state index in [0.29, 0.717) is 24.2 Å². The van der Waals surface area contributed by atoms with Gasteiger partial charge in [-0.05, 0) is 25.8 Å². The molecule has 0 heterocycles. The van der Waals surface area contributed by atoms with Gasteiger partial charge in [-0.25, -0.2) is 4.79 Å². The number of carbonyl (C=O) groups is 2. The zero-order valence-corrected chi connectivity index (χ0v) is 10.8. The number of aromatic hydroxyl groups is 1. The van der Waals surface area contributed by atoms with Crippen molar-refractivity contribution in [3.05, 3.63) is 23.3 Å². The van der Waals surface area contributed by atoms with Crippen LogP contribution in [-0.4, -0.2) is 24.0 Å². The van der Waals surface area contributed by atoms with Crippen LogP contribution in [-0.2, 0) is 5.54 Å². The molecule has 1 aromatic rings. The third kappa shape index (κ3) is 2.33. The second-order valence-electron chi connectivity index (χ2n) is 4.70. The number of urea groups is 1. The summed E-state index contributed by atoms with van der Waals surface area (Å²) in [4.78, 5) is 22.5. The smallest absolute Gasteiger partial charge is 0.312 e. The molecular weight excluding hydrogens is 248 g/mol. The average molecular weight is 264 g/mol. The number of hydrogen-bond donors (Lipinski definition) is 3. The largest absolute Gasteiger partial charge is 0.507 e. The highest BCUT2D eigenvalue weighted by atomic mass is 16.5. The number of methoxy groups -OCH3 is 1. The predicted molar refractivity (Wildman–Crippen MR) is 68.3 cm³/mol. The van der Waals surface area contributed by atoms with Crippen molar-refractivity contribution >= 4 is 11.8 Å². The number of benzene rings is 1. The van der Waals surface area contributed by atoms with E-state index in [1.807, 2.05) is 0 Å². The topological polar surface area (TPSA) is 102 Å². The minimum atomic E-state index is -0.628. The number of ketones is 1. The lowest BCUT2D eigenvalue weighted by Gasteiger charge is -2.20. The fourth-order valence-corrected chi connectivity index (χ4v) is 2.22. The van der Waals surface area contributed by atoms with Gasteiger partial charge in [-0.2, -0.15) is 0 Å². The molecule has 19 heavy (non-hydrogen) atoms. The zero-order chi connectivity index (χ0) is 14.2. The Labute approximate surface area is 110 Å². The van der Waals surface area contributed by atoms with Gasteiger partial charge in [0.2, 0.25) is 0 Å². The molecule has 1 fully saturated rings. The van der Waals surface area contributed by atoms with E-state index in [2.05, 4.69) is 5.32 Å². The van der Waals surface area contributed by atoms with Crippen LogP contribution in [0.3, 0.4) is 0 Å². The number of nitrogens with one attached hydrogen (secondary N) is 1. The SMILES string of the molecule is COc1cc(O)c(C(C)=O)cc1C1(NC(N)=O)CC1. The third-order valence-electron chi connectivity index (χ3n) is 3.33. The second-order valence-corrected chi connectivity index (χ2v) is 4.70. The first-order chi connectivity index (χ1) is 8.89. The Bertz CT molecular complexity index is 550. The van der Waals surface area contributed by atoms with Gasteiger partial charge in [0.1, 0.15) is 11.5 Å². The Kier molecular flexibility index (Phi) is 3.09. The maximum Gasteiger partial charge on any atom is 0.312 e. The zero-order valence-electron chi connectivity index (χ0n) is 10.8. The van der Waals surface area contributed by atoms with Gasteiger partial charge in [-0.1, -0.05) is 0 Å². The van der Waals surface area contributed by atoms with Crippen LogP contribution in [0.25, 0.3) is 0 Å². The van der Waals surface area contributed by atoms with E-state index in [0.717, 1.165) is 0 Å². The summed E-state index contributed by atoms with van der Waals surface area (Å²) in [6.45, 7) is 1.37. The lowest BCUT2D eigenvalue weighted by Crippen LogP contribution is -2.39. The highest BCUT2D eigenvalue weighted by Gasteiger charge is 2.47. The summed E-state index contributed by atoms with van der Waals surface area (Å²) in [5, 5.41) is 12.4. The Balaban J connectivity index is 2.52. The standard InChI is InChI=1S/C13H16N2O4/c1-7(16)8-5-9(11(19-2)6-10(8)17)13(3-4-13)15-12(14)18/h5-6,17H,3-4H2,1-2H3,(H3,14,15,18). The fourth-order valence-electron chi connectivity index (χ4n) is 2.22. The second kappa shape index (κ2) is 4.46. The summed E-state index contributed by atoms with van der Waals surface area (Å²) in [5.41, 5.74) is 5.45. The van der Waals surface area contributed by atoms with Gasteiger partial charge in [-0.15, -0.1) is 0 Å². The number of hydrogen-bond acceptors (Lipinski definition) is 4. The van der Waals surface area contributed by atoms with Gasteiger partial charge >= 0.3 is 6.03 Å². The van der Waals surface area contributed by atoms with Gasteiger partial charge in [0, 0.05) is 11.6 Å². The molecule has 1 saturated carbocycles. The molecule has 0 aromatic heterocycles. The van der Waals surface area contributed by atoms with Gasteiger partial charge in [-0.3, -0.25) is 4.79 Å². The normalized spacial score (nSPS) is 15.7. The first kappa shape index (κ1) is 13.2. The van der Waals surface area contributed by atoms with E-state index < -0.39 is 11.6 Å². The molecule has 1 aliphatic carbocycles. The highest BCUT2D eigenvalue weighted by molar-refractivity contribution is 5.97. The van der Waals surface area contributed by atoms with Gasteiger partial charge in [0.05, 0.1) is 18.2 Å². The molecule has 0 radical (unpaired) electrons. The Morgan fingerprint density at radius 2 is 2.05 bits per heavy atom. The maximum absolute atomic E-state index is 11.5. The van der Waals surface area contributed by atoms with E-state index in [4.69, 9.17) is 10.5 Å². The molecule has 0 atom stereocenters. The lowest BCUT2D eigenvalue weighted by atomic mass is 9.98. The number of phenols is 1. The van der Waals surface area contributed by atoms with Gasteiger partial charge in [0.25, 0.3) is 0 Å². The summed E-state index contributed by atoms with van der Waals surface area (Å²) in [5.74, 6) is 0.0352. The highest BCUT2D eigenvalue weighted by Crippen LogP contribution is 2.50. The molecule has 1 aromatic carbocycles. The van der Waals surface area contributed by atoms with Crippen molar-refractivity contribution in [2.24, 2.45) is 5.73 Å². The minimum Gasteiger partial charge on any atom is -0.507 e. The molecule has 2 amide bonds. The molecule has 0 saturated heterocycles. The van der Waals surface area contributed by atoms with Crippen LogP contribution in [0, 0.1) is 0 Å². The number of carbonyl (C=O) groups excluding carboxylic acids is 2. The van der Waals surface area contributed by atoms with E-state index in [1.54, 1.807) is 6.07 Å². The van der Waals surface area contributed by atoms with E-state index in [-0.39, 0.29) is 17.1 Å². The van der Waals surface area contributed by atoms with Crippen LogP contribution in [0.5, 0.6) is 11.5 Å². The maximum atomic E-state index is 11.5.